The molecule has 19 heavy (non-hydrogen) atoms. The van der Waals surface area contributed by atoms with Gasteiger partial charge < -0.3 is 10.5 Å². The van der Waals surface area contributed by atoms with E-state index >= 15 is 0 Å². The van der Waals surface area contributed by atoms with Gasteiger partial charge in [-0.15, -0.1) is 0 Å². The summed E-state index contributed by atoms with van der Waals surface area (Å²) in [6, 6.07) is 2.69. The van der Waals surface area contributed by atoms with Gasteiger partial charge in [0.2, 0.25) is 0 Å². The quantitative estimate of drug-likeness (QED) is 0.871. The molecule has 1 aliphatic rings. The van der Waals surface area contributed by atoms with Crippen molar-refractivity contribution in [3.8, 4) is 0 Å². The van der Waals surface area contributed by atoms with Gasteiger partial charge in [-0.1, -0.05) is 6.92 Å². The molecule has 1 fully saturated rings. The molecule has 2 rings (SSSR count). The first kappa shape index (κ1) is 15.0. The summed E-state index contributed by atoms with van der Waals surface area (Å²) in [5.41, 5.74) is 7.58. The van der Waals surface area contributed by atoms with Crippen LogP contribution in [-0.4, -0.2) is 36.7 Å². The normalized spacial score (nSPS) is 24.3. The zero-order valence-corrected chi connectivity index (χ0v) is 12.9. The molecule has 108 valence electrons. The van der Waals surface area contributed by atoms with Crippen molar-refractivity contribution in [1.82, 2.24) is 4.90 Å². The molecule has 0 radical (unpaired) electrons. The maximum absolute atomic E-state index is 6.23. The minimum Gasteiger partial charge on any atom is -0.377 e. The van der Waals surface area contributed by atoms with Crippen LogP contribution in [0, 0.1) is 0 Å². The van der Waals surface area contributed by atoms with E-state index in [1.165, 1.54) is 18.4 Å². The van der Waals surface area contributed by atoms with E-state index in [4.69, 9.17) is 10.5 Å². The van der Waals surface area contributed by atoms with Crippen LogP contribution >= 0.6 is 11.3 Å². The van der Waals surface area contributed by atoms with Crippen LogP contribution in [0.4, 0.5) is 0 Å². The first-order chi connectivity index (χ1) is 9.22. The first-order valence-corrected chi connectivity index (χ1v) is 8.30. The lowest BCUT2D eigenvalue weighted by Crippen LogP contribution is -2.46. The third-order valence-corrected chi connectivity index (χ3v) is 4.44. The fourth-order valence-electron chi connectivity index (χ4n) is 2.93. The highest BCUT2D eigenvalue weighted by Gasteiger charge is 2.29. The summed E-state index contributed by atoms with van der Waals surface area (Å²) in [7, 11) is 0. The van der Waals surface area contributed by atoms with Crippen molar-refractivity contribution in [2.45, 2.75) is 51.3 Å². The largest absolute Gasteiger partial charge is 0.377 e. The lowest BCUT2D eigenvalue weighted by Gasteiger charge is -2.39. The van der Waals surface area contributed by atoms with Gasteiger partial charge >= 0.3 is 0 Å². The number of nitrogens with two attached hydrogens (primary N) is 1. The Labute approximate surface area is 120 Å². The minimum absolute atomic E-state index is 0.152. The number of hydrogen-bond acceptors (Lipinski definition) is 4. The van der Waals surface area contributed by atoms with Crippen LogP contribution in [0.15, 0.2) is 16.8 Å². The zero-order chi connectivity index (χ0) is 13.7. The van der Waals surface area contributed by atoms with Gasteiger partial charge in [0.15, 0.2) is 0 Å². The fraction of sp³-hybridized carbons (Fsp3) is 0.733. The second kappa shape index (κ2) is 7.39. The molecule has 1 saturated heterocycles. The summed E-state index contributed by atoms with van der Waals surface area (Å²) >= 11 is 1.75. The summed E-state index contributed by atoms with van der Waals surface area (Å²) in [5.74, 6) is 0. The van der Waals surface area contributed by atoms with E-state index in [0.717, 1.165) is 26.1 Å². The monoisotopic (exact) mass is 282 g/mol. The summed E-state index contributed by atoms with van der Waals surface area (Å²) in [5, 5.41) is 4.37. The highest BCUT2D eigenvalue weighted by atomic mass is 32.1. The number of rotatable bonds is 6. The van der Waals surface area contributed by atoms with E-state index < -0.39 is 0 Å². The van der Waals surface area contributed by atoms with Crippen molar-refractivity contribution in [2.24, 2.45) is 5.73 Å². The molecule has 1 aromatic rings. The minimum atomic E-state index is 0.152. The van der Waals surface area contributed by atoms with Crippen LogP contribution in [0.2, 0.25) is 0 Å². The van der Waals surface area contributed by atoms with Gasteiger partial charge in [-0.2, -0.15) is 11.3 Å². The van der Waals surface area contributed by atoms with E-state index in [0.29, 0.717) is 12.1 Å². The van der Waals surface area contributed by atoms with Crippen LogP contribution in [0.5, 0.6) is 0 Å². The molecule has 0 aromatic carbocycles. The first-order valence-electron chi connectivity index (χ1n) is 7.35. The Kier molecular flexibility index (Phi) is 5.82. The Hall–Kier alpha value is -0.420. The van der Waals surface area contributed by atoms with E-state index in [1.54, 1.807) is 11.3 Å². The molecule has 1 aliphatic heterocycles. The maximum Gasteiger partial charge on any atom is 0.0702 e. The molecule has 0 aliphatic carbocycles. The summed E-state index contributed by atoms with van der Waals surface area (Å²) in [6.45, 7) is 7.30. The number of nitrogens with zero attached hydrogens (tertiary/aromatic N) is 1. The average molecular weight is 282 g/mol. The molecular weight excluding hydrogens is 256 g/mol. The van der Waals surface area contributed by atoms with Gasteiger partial charge in [-0.3, -0.25) is 4.90 Å². The Morgan fingerprint density at radius 3 is 3.05 bits per heavy atom. The zero-order valence-electron chi connectivity index (χ0n) is 12.0. The van der Waals surface area contributed by atoms with Crippen LogP contribution in [0.25, 0.3) is 0 Å². The lowest BCUT2D eigenvalue weighted by atomic mass is 9.98. The number of thiophene rings is 1. The van der Waals surface area contributed by atoms with Crippen molar-refractivity contribution in [1.29, 1.82) is 0 Å². The summed E-state index contributed by atoms with van der Waals surface area (Å²) in [4.78, 5) is 2.51. The van der Waals surface area contributed by atoms with Crippen LogP contribution in [0.3, 0.4) is 0 Å². The van der Waals surface area contributed by atoms with Crippen molar-refractivity contribution >= 4 is 11.3 Å². The van der Waals surface area contributed by atoms with Gasteiger partial charge in [0.05, 0.1) is 12.1 Å². The number of ether oxygens (including phenoxy) is 1. The maximum atomic E-state index is 6.23. The van der Waals surface area contributed by atoms with Crippen molar-refractivity contribution in [3.05, 3.63) is 22.4 Å². The van der Waals surface area contributed by atoms with Crippen molar-refractivity contribution < 1.29 is 4.74 Å². The molecule has 2 heterocycles. The predicted octanol–water partition coefficient (Wildman–Crippen LogP) is 3.03. The molecular formula is C15H26N2OS. The Bertz CT molecular complexity index is 353. The highest BCUT2D eigenvalue weighted by molar-refractivity contribution is 7.07. The van der Waals surface area contributed by atoms with E-state index in [1.807, 2.05) is 0 Å². The van der Waals surface area contributed by atoms with E-state index in [9.17, 15) is 0 Å². The van der Waals surface area contributed by atoms with Gasteiger partial charge in [0, 0.05) is 19.2 Å². The molecule has 0 spiro atoms. The lowest BCUT2D eigenvalue weighted by molar-refractivity contribution is -0.0155. The SMILES string of the molecule is CCCOC1CCCN(C(c2ccsc2)C(C)N)C1. The Morgan fingerprint density at radius 2 is 2.42 bits per heavy atom. The fourth-order valence-corrected chi connectivity index (χ4v) is 3.62. The molecule has 3 nitrogen and oxygen atoms in total. The van der Waals surface area contributed by atoms with Crippen LogP contribution < -0.4 is 5.73 Å². The molecule has 3 unspecified atom stereocenters. The second-order valence-electron chi connectivity index (χ2n) is 5.49. The standard InChI is InChI=1S/C15H26N2OS/c1-3-8-18-14-5-4-7-17(10-14)15(12(2)16)13-6-9-19-11-13/h6,9,11-12,14-15H,3-5,7-8,10,16H2,1-2H3. The molecule has 0 amide bonds. The summed E-state index contributed by atoms with van der Waals surface area (Å²) in [6.07, 6.45) is 3.87. The number of piperidine rings is 1. The third-order valence-electron chi connectivity index (χ3n) is 3.74. The topological polar surface area (TPSA) is 38.5 Å². The third kappa shape index (κ3) is 4.02. The molecule has 0 bridgehead atoms. The van der Waals surface area contributed by atoms with Crippen LogP contribution in [0.1, 0.15) is 44.7 Å². The van der Waals surface area contributed by atoms with Crippen molar-refractivity contribution in [3.63, 3.8) is 0 Å². The molecule has 1 aromatic heterocycles. The van der Waals surface area contributed by atoms with E-state index in [-0.39, 0.29) is 6.04 Å². The second-order valence-corrected chi connectivity index (χ2v) is 6.27. The van der Waals surface area contributed by atoms with E-state index in [2.05, 4.69) is 35.6 Å². The summed E-state index contributed by atoms with van der Waals surface area (Å²) < 4.78 is 5.93. The Morgan fingerprint density at radius 1 is 1.58 bits per heavy atom. The van der Waals surface area contributed by atoms with Gasteiger partial charge in [-0.25, -0.2) is 0 Å². The molecule has 4 heteroatoms. The predicted molar refractivity (Wildman–Crippen MR) is 81.5 cm³/mol. The Balaban J connectivity index is 2.01. The average Bonchev–Trinajstić information content (AvgIpc) is 2.90. The smallest absolute Gasteiger partial charge is 0.0702 e. The van der Waals surface area contributed by atoms with Gasteiger partial charge in [0.1, 0.15) is 0 Å². The van der Waals surface area contributed by atoms with Crippen LogP contribution in [-0.2, 0) is 4.74 Å². The number of likely N-dealkylation sites (tertiary alicyclic amines) is 1. The van der Waals surface area contributed by atoms with Gasteiger partial charge in [0.25, 0.3) is 0 Å². The molecule has 0 saturated carbocycles. The molecule has 2 N–H and O–H groups in total. The molecule has 3 atom stereocenters. The number of hydrogen-bond donors (Lipinski definition) is 1. The van der Waals surface area contributed by atoms with Gasteiger partial charge in [-0.05, 0) is 55.1 Å². The van der Waals surface area contributed by atoms with Crippen molar-refractivity contribution in [2.75, 3.05) is 19.7 Å². The highest BCUT2D eigenvalue weighted by Crippen LogP contribution is 2.29.